The second-order valence-electron chi connectivity index (χ2n) is 4.46. The van der Waals surface area contributed by atoms with Gasteiger partial charge in [-0.05, 0) is 24.3 Å². The number of furan rings is 1. The minimum absolute atomic E-state index is 0.0745. The summed E-state index contributed by atoms with van der Waals surface area (Å²) >= 11 is 3.35. The summed E-state index contributed by atoms with van der Waals surface area (Å²) < 4.78 is 11.1. The molecular formula is C14H10BrNO5. The first-order valence-corrected chi connectivity index (χ1v) is 6.88. The third kappa shape index (κ3) is 2.52. The summed E-state index contributed by atoms with van der Waals surface area (Å²) in [4.78, 5) is 24.6. The molecule has 2 heterocycles. The Hall–Kier alpha value is -2.28. The molecule has 108 valence electrons. The number of aromatic carboxylic acids is 1. The number of rotatable bonds is 3. The molecule has 0 saturated carbocycles. The number of hydrogen-bond donors (Lipinski definition) is 1. The number of carboxylic acids is 1. The minimum atomic E-state index is -1.16. The number of carbonyl (C=O) groups is 2. The van der Waals surface area contributed by atoms with E-state index in [1.165, 1.54) is 11.2 Å². The van der Waals surface area contributed by atoms with Crippen LogP contribution in [0.25, 0.3) is 0 Å². The van der Waals surface area contributed by atoms with Crippen LogP contribution in [-0.4, -0.2) is 23.6 Å². The highest BCUT2D eigenvalue weighted by Gasteiger charge is 2.28. The standard InChI is InChI=1S/C14H10BrNO5/c15-9-1-2-11-10(5-9)16(12(17)7-21-11)6-8-3-4-20-13(8)14(18)19/h1-5H,6-7H2,(H,18,19). The Morgan fingerprint density at radius 3 is 2.95 bits per heavy atom. The van der Waals surface area contributed by atoms with Gasteiger partial charge in [-0.15, -0.1) is 0 Å². The topological polar surface area (TPSA) is 80.0 Å². The molecule has 1 aromatic carbocycles. The number of nitrogens with zero attached hydrogens (tertiary/aromatic N) is 1. The molecule has 0 spiro atoms. The summed E-state index contributed by atoms with van der Waals surface area (Å²) in [6.07, 6.45) is 1.30. The van der Waals surface area contributed by atoms with Crippen LogP contribution in [0.2, 0.25) is 0 Å². The summed E-state index contributed by atoms with van der Waals surface area (Å²) in [5.74, 6) is -0.979. The smallest absolute Gasteiger partial charge is 0.372 e. The van der Waals surface area contributed by atoms with E-state index < -0.39 is 5.97 Å². The van der Waals surface area contributed by atoms with E-state index >= 15 is 0 Å². The van der Waals surface area contributed by atoms with Gasteiger partial charge in [0.2, 0.25) is 5.76 Å². The van der Waals surface area contributed by atoms with E-state index in [-0.39, 0.29) is 24.8 Å². The Labute approximate surface area is 128 Å². The van der Waals surface area contributed by atoms with Crippen LogP contribution in [0.1, 0.15) is 16.1 Å². The van der Waals surface area contributed by atoms with Gasteiger partial charge in [0.15, 0.2) is 6.61 Å². The highest BCUT2D eigenvalue weighted by atomic mass is 79.9. The molecule has 7 heteroatoms. The first kappa shape index (κ1) is 13.7. The highest BCUT2D eigenvalue weighted by Crippen LogP contribution is 2.35. The maximum absolute atomic E-state index is 12.1. The van der Waals surface area contributed by atoms with Crippen molar-refractivity contribution in [3.8, 4) is 5.75 Å². The average Bonchev–Trinajstić information content (AvgIpc) is 2.90. The van der Waals surface area contributed by atoms with Gasteiger partial charge in [0.05, 0.1) is 18.5 Å². The molecule has 3 rings (SSSR count). The fourth-order valence-corrected chi connectivity index (χ4v) is 2.52. The quantitative estimate of drug-likeness (QED) is 0.919. The van der Waals surface area contributed by atoms with Crippen LogP contribution in [0.3, 0.4) is 0 Å². The monoisotopic (exact) mass is 351 g/mol. The molecule has 0 bridgehead atoms. The molecule has 0 atom stereocenters. The lowest BCUT2D eigenvalue weighted by molar-refractivity contribution is -0.121. The number of benzene rings is 1. The molecule has 0 unspecified atom stereocenters. The summed E-state index contributed by atoms with van der Waals surface area (Å²) in [7, 11) is 0. The van der Waals surface area contributed by atoms with Crippen molar-refractivity contribution >= 4 is 33.5 Å². The molecule has 0 saturated heterocycles. The number of amides is 1. The van der Waals surface area contributed by atoms with Gasteiger partial charge in [-0.2, -0.15) is 0 Å². The maximum Gasteiger partial charge on any atom is 0.372 e. The van der Waals surface area contributed by atoms with E-state index in [4.69, 9.17) is 14.3 Å². The van der Waals surface area contributed by atoms with Crippen LogP contribution in [0, 0.1) is 0 Å². The van der Waals surface area contributed by atoms with E-state index in [2.05, 4.69) is 15.9 Å². The van der Waals surface area contributed by atoms with Crippen LogP contribution in [0.5, 0.6) is 5.75 Å². The molecule has 2 aromatic rings. The number of carboxylic acid groups (broad SMARTS) is 1. The van der Waals surface area contributed by atoms with Gasteiger partial charge >= 0.3 is 5.97 Å². The Bertz CT molecular complexity index is 724. The van der Waals surface area contributed by atoms with Crippen molar-refractivity contribution in [3.63, 3.8) is 0 Å². The predicted molar refractivity (Wildman–Crippen MR) is 76.5 cm³/mol. The molecule has 0 fully saturated rings. The fraction of sp³-hybridized carbons (Fsp3) is 0.143. The van der Waals surface area contributed by atoms with Gasteiger partial charge < -0.3 is 19.2 Å². The Balaban J connectivity index is 1.98. The molecule has 6 nitrogen and oxygen atoms in total. The van der Waals surface area contributed by atoms with Crippen molar-refractivity contribution < 1.29 is 23.8 Å². The lowest BCUT2D eigenvalue weighted by Gasteiger charge is -2.29. The third-order valence-corrected chi connectivity index (χ3v) is 3.63. The summed E-state index contributed by atoms with van der Waals surface area (Å²) in [6, 6.07) is 6.87. The van der Waals surface area contributed by atoms with Crippen LogP contribution >= 0.6 is 15.9 Å². The van der Waals surface area contributed by atoms with Gasteiger partial charge in [0.25, 0.3) is 5.91 Å². The highest BCUT2D eigenvalue weighted by molar-refractivity contribution is 9.10. The van der Waals surface area contributed by atoms with Crippen LogP contribution < -0.4 is 9.64 Å². The lowest BCUT2D eigenvalue weighted by Crippen LogP contribution is -2.38. The lowest BCUT2D eigenvalue weighted by atomic mass is 10.2. The first-order valence-electron chi connectivity index (χ1n) is 6.08. The number of hydrogen-bond acceptors (Lipinski definition) is 4. The van der Waals surface area contributed by atoms with Gasteiger partial charge in [0.1, 0.15) is 5.75 Å². The van der Waals surface area contributed by atoms with Crippen molar-refractivity contribution in [2.75, 3.05) is 11.5 Å². The second kappa shape index (κ2) is 5.25. The van der Waals surface area contributed by atoms with Crippen molar-refractivity contribution in [1.82, 2.24) is 0 Å². The van der Waals surface area contributed by atoms with Gasteiger partial charge in [-0.3, -0.25) is 4.79 Å². The van der Waals surface area contributed by atoms with Crippen LogP contribution in [0.4, 0.5) is 5.69 Å². The van der Waals surface area contributed by atoms with Crippen molar-refractivity contribution in [2.45, 2.75) is 6.54 Å². The maximum atomic E-state index is 12.1. The van der Waals surface area contributed by atoms with Crippen LogP contribution in [0.15, 0.2) is 39.4 Å². The number of carbonyl (C=O) groups excluding carboxylic acids is 1. The minimum Gasteiger partial charge on any atom is -0.482 e. The molecule has 1 amide bonds. The molecule has 1 aliphatic rings. The average molecular weight is 352 g/mol. The zero-order chi connectivity index (χ0) is 15.0. The number of anilines is 1. The molecule has 0 aliphatic carbocycles. The first-order chi connectivity index (χ1) is 10.1. The molecular weight excluding hydrogens is 342 g/mol. The largest absolute Gasteiger partial charge is 0.482 e. The summed E-state index contributed by atoms with van der Waals surface area (Å²) in [6.45, 7) is 0.0403. The number of halogens is 1. The summed E-state index contributed by atoms with van der Waals surface area (Å²) in [5, 5.41) is 9.06. The Morgan fingerprint density at radius 2 is 2.19 bits per heavy atom. The molecule has 21 heavy (non-hydrogen) atoms. The zero-order valence-electron chi connectivity index (χ0n) is 10.7. The van der Waals surface area contributed by atoms with Gasteiger partial charge in [0, 0.05) is 10.0 Å². The van der Waals surface area contributed by atoms with Crippen molar-refractivity contribution in [1.29, 1.82) is 0 Å². The Morgan fingerprint density at radius 1 is 1.38 bits per heavy atom. The van der Waals surface area contributed by atoms with Crippen molar-refractivity contribution in [3.05, 3.63) is 46.3 Å². The van der Waals surface area contributed by atoms with E-state index in [1.807, 2.05) is 6.07 Å². The summed E-state index contributed by atoms with van der Waals surface area (Å²) in [5.41, 5.74) is 1.03. The Kier molecular flexibility index (Phi) is 3.42. The van der Waals surface area contributed by atoms with E-state index in [9.17, 15) is 9.59 Å². The molecule has 1 aliphatic heterocycles. The van der Waals surface area contributed by atoms with Crippen LogP contribution in [-0.2, 0) is 11.3 Å². The zero-order valence-corrected chi connectivity index (χ0v) is 12.3. The number of fused-ring (bicyclic) bond motifs is 1. The third-order valence-electron chi connectivity index (χ3n) is 3.13. The van der Waals surface area contributed by atoms with Gasteiger partial charge in [-0.25, -0.2) is 4.79 Å². The predicted octanol–water partition coefficient (Wildman–Crippen LogP) is 2.67. The van der Waals surface area contributed by atoms with E-state index in [0.717, 1.165) is 4.47 Å². The normalized spacial score (nSPS) is 13.8. The second-order valence-corrected chi connectivity index (χ2v) is 5.38. The number of ether oxygens (including phenoxy) is 1. The van der Waals surface area contributed by atoms with Crippen molar-refractivity contribution in [2.24, 2.45) is 0 Å². The van der Waals surface area contributed by atoms with E-state index in [1.54, 1.807) is 18.2 Å². The SMILES string of the molecule is O=C(O)c1occc1CN1C(=O)COc2ccc(Br)cc21. The fourth-order valence-electron chi connectivity index (χ4n) is 2.17. The molecule has 1 N–H and O–H groups in total. The van der Waals surface area contributed by atoms with E-state index in [0.29, 0.717) is 17.0 Å². The van der Waals surface area contributed by atoms with Gasteiger partial charge in [-0.1, -0.05) is 15.9 Å². The molecule has 1 aromatic heterocycles. The molecule has 0 radical (unpaired) electrons.